The van der Waals surface area contributed by atoms with Gasteiger partial charge in [0, 0.05) is 18.7 Å². The molecule has 0 saturated carbocycles. The zero-order valence-electron chi connectivity index (χ0n) is 17.1. The molecule has 1 N–H and O–H groups in total. The van der Waals surface area contributed by atoms with E-state index < -0.39 is 11.6 Å². The van der Waals surface area contributed by atoms with E-state index in [9.17, 15) is 14.0 Å². The Labute approximate surface area is 174 Å². The van der Waals surface area contributed by atoms with Crippen molar-refractivity contribution in [3.63, 3.8) is 0 Å². The molecule has 2 aromatic carbocycles. The Morgan fingerprint density at radius 2 is 1.77 bits per heavy atom. The molecule has 1 amide bonds. The fourth-order valence-electron chi connectivity index (χ4n) is 3.07. The van der Waals surface area contributed by atoms with Gasteiger partial charge < -0.3 is 9.73 Å². The van der Waals surface area contributed by atoms with Gasteiger partial charge in [0.1, 0.15) is 12.4 Å². The SMILES string of the molecule is CCN(CC)Cc1ccccc1CNC(=O)Cn1nc(-c2ccc(F)cc2)oc1=O. The summed E-state index contributed by atoms with van der Waals surface area (Å²) in [6.07, 6.45) is 0. The van der Waals surface area contributed by atoms with Gasteiger partial charge in [-0.3, -0.25) is 9.69 Å². The summed E-state index contributed by atoms with van der Waals surface area (Å²) < 4.78 is 19.1. The first-order valence-corrected chi connectivity index (χ1v) is 9.89. The molecule has 0 aliphatic carbocycles. The van der Waals surface area contributed by atoms with Crippen LogP contribution in [0.4, 0.5) is 4.39 Å². The third-order valence-electron chi connectivity index (χ3n) is 4.87. The lowest BCUT2D eigenvalue weighted by molar-refractivity contribution is -0.122. The Bertz CT molecular complexity index is 1040. The quantitative estimate of drug-likeness (QED) is 0.585. The van der Waals surface area contributed by atoms with Gasteiger partial charge in [-0.1, -0.05) is 38.1 Å². The van der Waals surface area contributed by atoms with Gasteiger partial charge in [0.05, 0.1) is 0 Å². The van der Waals surface area contributed by atoms with Gasteiger partial charge in [0.15, 0.2) is 0 Å². The standard InChI is InChI=1S/C22H25FN4O3/c1-3-26(4-2)14-18-8-6-5-7-17(18)13-24-20(28)15-27-22(29)30-21(25-27)16-9-11-19(23)12-10-16/h5-12H,3-4,13-15H2,1-2H3,(H,24,28). The lowest BCUT2D eigenvalue weighted by atomic mass is 10.1. The third kappa shape index (κ3) is 5.42. The fraction of sp³-hybridized carbons (Fsp3) is 0.318. The lowest BCUT2D eigenvalue weighted by Crippen LogP contribution is -2.31. The second-order valence-corrected chi connectivity index (χ2v) is 6.84. The van der Waals surface area contributed by atoms with Crippen LogP contribution in [0.3, 0.4) is 0 Å². The first kappa shape index (κ1) is 21.4. The second-order valence-electron chi connectivity index (χ2n) is 6.84. The summed E-state index contributed by atoms with van der Waals surface area (Å²) in [5.41, 5.74) is 2.63. The topological polar surface area (TPSA) is 80.4 Å². The highest BCUT2D eigenvalue weighted by molar-refractivity contribution is 5.75. The van der Waals surface area contributed by atoms with Crippen molar-refractivity contribution in [2.24, 2.45) is 0 Å². The number of hydrogen-bond acceptors (Lipinski definition) is 5. The molecular formula is C22H25FN4O3. The molecule has 0 bridgehead atoms. The first-order chi connectivity index (χ1) is 14.5. The van der Waals surface area contributed by atoms with Crippen LogP contribution in [0, 0.1) is 5.82 Å². The molecule has 0 radical (unpaired) electrons. The number of benzene rings is 2. The summed E-state index contributed by atoms with van der Waals surface area (Å²) in [5, 5.41) is 6.86. The Hall–Kier alpha value is -3.26. The van der Waals surface area contributed by atoms with E-state index in [2.05, 4.69) is 35.2 Å². The largest absolute Gasteiger partial charge is 0.437 e. The number of hydrogen-bond donors (Lipinski definition) is 1. The maximum Gasteiger partial charge on any atom is 0.437 e. The molecule has 0 spiro atoms. The minimum Gasteiger partial charge on any atom is -0.388 e. The van der Waals surface area contributed by atoms with Crippen LogP contribution in [0.15, 0.2) is 57.7 Å². The van der Waals surface area contributed by atoms with Crippen molar-refractivity contribution in [3.05, 3.63) is 76.0 Å². The van der Waals surface area contributed by atoms with Gasteiger partial charge in [0.25, 0.3) is 0 Å². The smallest absolute Gasteiger partial charge is 0.388 e. The number of amides is 1. The van der Waals surface area contributed by atoms with Crippen LogP contribution >= 0.6 is 0 Å². The van der Waals surface area contributed by atoms with Gasteiger partial charge >= 0.3 is 5.76 Å². The molecule has 0 saturated heterocycles. The summed E-state index contributed by atoms with van der Waals surface area (Å²) in [7, 11) is 0. The molecule has 0 aliphatic rings. The molecule has 0 atom stereocenters. The van der Waals surface area contributed by atoms with E-state index in [0.29, 0.717) is 12.1 Å². The predicted octanol–water partition coefficient (Wildman–Crippen LogP) is 2.80. The van der Waals surface area contributed by atoms with Crippen molar-refractivity contribution in [2.75, 3.05) is 13.1 Å². The molecule has 0 fully saturated rings. The van der Waals surface area contributed by atoms with Crippen molar-refractivity contribution in [1.29, 1.82) is 0 Å². The molecule has 158 valence electrons. The fourth-order valence-corrected chi connectivity index (χ4v) is 3.07. The van der Waals surface area contributed by atoms with Gasteiger partial charge in [-0.05, 0) is 48.5 Å². The van der Waals surface area contributed by atoms with Crippen LogP contribution in [0.25, 0.3) is 11.5 Å². The summed E-state index contributed by atoms with van der Waals surface area (Å²) in [6, 6.07) is 13.4. The Morgan fingerprint density at radius 3 is 2.43 bits per heavy atom. The number of aromatic nitrogens is 2. The van der Waals surface area contributed by atoms with Gasteiger partial charge in [0.2, 0.25) is 11.8 Å². The third-order valence-corrected chi connectivity index (χ3v) is 4.87. The number of carbonyl (C=O) groups is 1. The Morgan fingerprint density at radius 1 is 1.10 bits per heavy atom. The number of carbonyl (C=O) groups excluding carboxylic acids is 1. The van der Waals surface area contributed by atoms with E-state index in [4.69, 9.17) is 4.42 Å². The molecule has 30 heavy (non-hydrogen) atoms. The van der Waals surface area contributed by atoms with Crippen LogP contribution in [-0.4, -0.2) is 33.7 Å². The van der Waals surface area contributed by atoms with Crippen molar-refractivity contribution < 1.29 is 13.6 Å². The zero-order chi connectivity index (χ0) is 21.5. The van der Waals surface area contributed by atoms with Crippen LogP contribution in [-0.2, 0) is 24.4 Å². The summed E-state index contributed by atoms with van der Waals surface area (Å²) in [5.74, 6) is -1.46. The van der Waals surface area contributed by atoms with Crippen molar-refractivity contribution in [3.8, 4) is 11.5 Å². The van der Waals surface area contributed by atoms with Crippen molar-refractivity contribution in [2.45, 2.75) is 33.5 Å². The number of rotatable bonds is 9. The van der Waals surface area contributed by atoms with Gasteiger partial charge in [-0.2, -0.15) is 4.68 Å². The van der Waals surface area contributed by atoms with E-state index >= 15 is 0 Å². The maximum absolute atomic E-state index is 13.0. The molecule has 3 aromatic rings. The zero-order valence-corrected chi connectivity index (χ0v) is 17.1. The highest BCUT2D eigenvalue weighted by atomic mass is 19.1. The minimum atomic E-state index is -0.744. The maximum atomic E-state index is 13.0. The van der Waals surface area contributed by atoms with Gasteiger partial charge in [-0.15, -0.1) is 5.10 Å². The van der Waals surface area contributed by atoms with Crippen LogP contribution in [0.5, 0.6) is 0 Å². The second kappa shape index (κ2) is 9.98. The van der Waals surface area contributed by atoms with Gasteiger partial charge in [-0.25, -0.2) is 9.18 Å². The van der Waals surface area contributed by atoms with E-state index in [1.54, 1.807) is 0 Å². The molecule has 3 rings (SSSR count). The van der Waals surface area contributed by atoms with E-state index in [-0.39, 0.29) is 18.3 Å². The molecule has 0 unspecified atom stereocenters. The van der Waals surface area contributed by atoms with Crippen LogP contribution < -0.4 is 11.1 Å². The van der Waals surface area contributed by atoms with E-state index in [0.717, 1.165) is 35.4 Å². The Balaban J connectivity index is 1.63. The molecule has 8 heteroatoms. The Kier molecular flexibility index (Phi) is 7.13. The molecule has 1 heterocycles. The molecule has 1 aromatic heterocycles. The number of nitrogens with zero attached hydrogens (tertiary/aromatic N) is 3. The summed E-state index contributed by atoms with van der Waals surface area (Å²) in [6.45, 7) is 7.02. The van der Waals surface area contributed by atoms with Crippen molar-refractivity contribution >= 4 is 5.91 Å². The number of halogens is 1. The average Bonchev–Trinajstić information content (AvgIpc) is 3.11. The molecule has 0 aliphatic heterocycles. The highest BCUT2D eigenvalue weighted by Crippen LogP contribution is 2.15. The van der Waals surface area contributed by atoms with Crippen LogP contribution in [0.2, 0.25) is 0 Å². The number of nitrogens with one attached hydrogen (secondary N) is 1. The summed E-state index contributed by atoms with van der Waals surface area (Å²) >= 11 is 0. The summed E-state index contributed by atoms with van der Waals surface area (Å²) in [4.78, 5) is 26.7. The molecule has 7 nitrogen and oxygen atoms in total. The van der Waals surface area contributed by atoms with Crippen molar-refractivity contribution in [1.82, 2.24) is 20.0 Å². The monoisotopic (exact) mass is 412 g/mol. The highest BCUT2D eigenvalue weighted by Gasteiger charge is 2.14. The first-order valence-electron chi connectivity index (χ1n) is 9.89. The van der Waals surface area contributed by atoms with E-state index in [1.165, 1.54) is 24.3 Å². The van der Waals surface area contributed by atoms with Crippen LogP contribution in [0.1, 0.15) is 25.0 Å². The lowest BCUT2D eigenvalue weighted by Gasteiger charge is -2.20. The van der Waals surface area contributed by atoms with E-state index in [1.807, 2.05) is 18.2 Å². The average molecular weight is 412 g/mol. The normalized spacial score (nSPS) is 11.1. The minimum absolute atomic E-state index is 0.0392. The molecular weight excluding hydrogens is 387 g/mol. The predicted molar refractivity (Wildman–Crippen MR) is 111 cm³/mol.